The number of carbonyl (C=O) groups excluding carboxylic acids is 1. The smallest absolute Gasteiger partial charge is 0.224 e. The summed E-state index contributed by atoms with van der Waals surface area (Å²) < 4.78 is 18.7. The normalized spacial score (nSPS) is 13.7. The van der Waals surface area contributed by atoms with Crippen molar-refractivity contribution in [1.82, 2.24) is 9.97 Å². The van der Waals surface area contributed by atoms with E-state index in [0.717, 1.165) is 24.5 Å². The van der Waals surface area contributed by atoms with E-state index in [4.69, 9.17) is 4.42 Å². The summed E-state index contributed by atoms with van der Waals surface area (Å²) in [4.78, 5) is 23.0. The summed E-state index contributed by atoms with van der Waals surface area (Å²) >= 11 is 0. The Morgan fingerprint density at radius 3 is 2.57 bits per heavy atom. The van der Waals surface area contributed by atoms with E-state index in [9.17, 15) is 9.18 Å². The second-order valence-corrected chi connectivity index (χ2v) is 6.77. The second kappa shape index (κ2) is 8.21. The van der Waals surface area contributed by atoms with Crippen molar-refractivity contribution < 1.29 is 13.6 Å². The number of carbonyl (C=O) groups is 1. The molecule has 0 aliphatic carbocycles. The predicted molar refractivity (Wildman–Crippen MR) is 105 cm³/mol. The van der Waals surface area contributed by atoms with Gasteiger partial charge in [0.25, 0.3) is 0 Å². The molecule has 1 N–H and O–H groups in total. The first-order valence-corrected chi connectivity index (χ1v) is 9.39. The first-order valence-electron chi connectivity index (χ1n) is 9.39. The fourth-order valence-electron chi connectivity index (χ4n) is 3.21. The third-order valence-corrected chi connectivity index (χ3v) is 4.71. The minimum absolute atomic E-state index is 0.128. The number of aromatic nitrogens is 2. The molecule has 1 fully saturated rings. The number of amides is 1. The van der Waals surface area contributed by atoms with Crippen molar-refractivity contribution in [2.45, 2.75) is 25.7 Å². The number of pyridine rings is 1. The number of oxazole rings is 1. The molecule has 0 unspecified atom stereocenters. The molecule has 2 aromatic heterocycles. The van der Waals surface area contributed by atoms with Crippen molar-refractivity contribution >= 4 is 17.4 Å². The number of benzene rings is 1. The molecule has 4 rings (SSSR count). The quantitative estimate of drug-likeness (QED) is 0.699. The van der Waals surface area contributed by atoms with Gasteiger partial charge in [-0.1, -0.05) is 0 Å². The van der Waals surface area contributed by atoms with Gasteiger partial charge in [-0.15, -0.1) is 0 Å². The Balaban J connectivity index is 1.29. The molecule has 1 saturated heterocycles. The first kappa shape index (κ1) is 18.2. The Labute approximate surface area is 162 Å². The molecule has 0 radical (unpaired) electrons. The fourth-order valence-corrected chi connectivity index (χ4v) is 3.21. The molecule has 7 heteroatoms. The van der Waals surface area contributed by atoms with Gasteiger partial charge in [0, 0.05) is 31.5 Å². The van der Waals surface area contributed by atoms with Crippen LogP contribution in [0.4, 0.5) is 15.9 Å². The van der Waals surface area contributed by atoms with E-state index in [1.807, 2.05) is 12.1 Å². The van der Waals surface area contributed by atoms with Gasteiger partial charge in [-0.3, -0.25) is 4.79 Å². The van der Waals surface area contributed by atoms with Crippen LogP contribution in [-0.2, 0) is 11.2 Å². The Morgan fingerprint density at radius 2 is 1.86 bits per heavy atom. The fraction of sp³-hybridized carbons (Fsp3) is 0.286. The highest BCUT2D eigenvalue weighted by Crippen LogP contribution is 2.22. The van der Waals surface area contributed by atoms with Gasteiger partial charge in [0.1, 0.15) is 11.6 Å². The highest BCUT2D eigenvalue weighted by atomic mass is 19.1. The number of hydrogen-bond donors (Lipinski definition) is 1. The van der Waals surface area contributed by atoms with Crippen LogP contribution in [0.1, 0.15) is 25.2 Å². The topological polar surface area (TPSA) is 71.3 Å². The minimum atomic E-state index is -0.303. The van der Waals surface area contributed by atoms with Crippen molar-refractivity contribution in [2.75, 3.05) is 23.3 Å². The van der Waals surface area contributed by atoms with Gasteiger partial charge in [0.05, 0.1) is 18.1 Å². The summed E-state index contributed by atoms with van der Waals surface area (Å²) in [5.41, 5.74) is 1.42. The Morgan fingerprint density at radius 1 is 1.07 bits per heavy atom. The zero-order valence-corrected chi connectivity index (χ0v) is 15.4. The van der Waals surface area contributed by atoms with Gasteiger partial charge in [0.15, 0.2) is 11.7 Å². The maximum Gasteiger partial charge on any atom is 0.224 e. The Bertz CT molecular complexity index is 932. The Kier molecular flexibility index (Phi) is 5.32. The maximum atomic E-state index is 13.0. The monoisotopic (exact) mass is 380 g/mol. The number of nitrogens with one attached hydrogen (secondary N) is 1. The molecule has 3 heterocycles. The largest absolute Gasteiger partial charge is 0.441 e. The van der Waals surface area contributed by atoms with E-state index in [-0.39, 0.29) is 18.1 Å². The molecule has 1 aliphatic rings. The third-order valence-electron chi connectivity index (χ3n) is 4.71. The van der Waals surface area contributed by atoms with Crippen LogP contribution in [0.2, 0.25) is 0 Å². The van der Waals surface area contributed by atoms with Gasteiger partial charge < -0.3 is 14.6 Å². The highest BCUT2D eigenvalue weighted by Gasteiger charge is 2.14. The highest BCUT2D eigenvalue weighted by molar-refractivity contribution is 5.90. The van der Waals surface area contributed by atoms with Crippen LogP contribution in [0, 0.1) is 5.82 Å². The van der Waals surface area contributed by atoms with Gasteiger partial charge >= 0.3 is 0 Å². The van der Waals surface area contributed by atoms with E-state index in [1.165, 1.54) is 25.0 Å². The van der Waals surface area contributed by atoms with Gasteiger partial charge in [-0.25, -0.2) is 14.4 Å². The van der Waals surface area contributed by atoms with Crippen molar-refractivity contribution in [2.24, 2.45) is 0 Å². The van der Waals surface area contributed by atoms with Crippen molar-refractivity contribution in [3.63, 3.8) is 0 Å². The lowest BCUT2D eigenvalue weighted by molar-refractivity contribution is -0.116. The van der Waals surface area contributed by atoms with Crippen molar-refractivity contribution in [3.8, 4) is 11.3 Å². The lowest BCUT2D eigenvalue weighted by Gasteiger charge is -2.16. The molecular weight excluding hydrogens is 359 g/mol. The standard InChI is InChI=1S/C21H21FN4O2/c22-16-5-3-15(4-6-16)18-14-24-21(28-18)10-9-20(27)25-17-7-8-19(23-13-17)26-11-1-2-12-26/h3-8,13-14H,1-2,9-12H2,(H,25,27). The molecule has 144 valence electrons. The molecule has 0 saturated carbocycles. The van der Waals surface area contributed by atoms with Crippen molar-refractivity contribution in [3.05, 3.63) is 60.5 Å². The molecule has 0 bridgehead atoms. The van der Waals surface area contributed by atoms with Crippen LogP contribution in [0.25, 0.3) is 11.3 Å². The average Bonchev–Trinajstić information content (AvgIpc) is 3.40. The molecular formula is C21H21FN4O2. The van der Waals surface area contributed by atoms with E-state index >= 15 is 0 Å². The molecule has 3 aromatic rings. The van der Waals surface area contributed by atoms with Gasteiger partial charge in [-0.05, 0) is 49.2 Å². The summed E-state index contributed by atoms with van der Waals surface area (Å²) in [6.45, 7) is 2.07. The Hall–Kier alpha value is -3.22. The average molecular weight is 380 g/mol. The molecule has 0 atom stereocenters. The van der Waals surface area contributed by atoms with Crippen LogP contribution in [0.15, 0.2) is 53.2 Å². The van der Waals surface area contributed by atoms with Crippen LogP contribution in [0.5, 0.6) is 0 Å². The lowest BCUT2D eigenvalue weighted by Crippen LogP contribution is -2.19. The molecule has 1 aliphatic heterocycles. The summed E-state index contributed by atoms with van der Waals surface area (Å²) in [5.74, 6) is 1.54. The molecule has 6 nitrogen and oxygen atoms in total. The van der Waals surface area contributed by atoms with Gasteiger partial charge in [0.2, 0.25) is 5.91 Å². The van der Waals surface area contributed by atoms with Crippen LogP contribution >= 0.6 is 0 Å². The second-order valence-electron chi connectivity index (χ2n) is 6.77. The number of aryl methyl sites for hydroxylation is 1. The van der Waals surface area contributed by atoms with Gasteiger partial charge in [-0.2, -0.15) is 0 Å². The van der Waals surface area contributed by atoms with E-state index < -0.39 is 0 Å². The lowest BCUT2D eigenvalue weighted by atomic mass is 10.2. The maximum absolute atomic E-state index is 13.0. The predicted octanol–water partition coefficient (Wildman–Crippen LogP) is 4.05. The van der Waals surface area contributed by atoms with Crippen LogP contribution in [-0.4, -0.2) is 29.0 Å². The third kappa shape index (κ3) is 4.36. The van der Waals surface area contributed by atoms with Crippen LogP contribution < -0.4 is 10.2 Å². The van der Waals surface area contributed by atoms with E-state index in [1.54, 1.807) is 24.5 Å². The van der Waals surface area contributed by atoms with E-state index in [0.29, 0.717) is 23.8 Å². The first-order chi connectivity index (χ1) is 13.7. The van der Waals surface area contributed by atoms with Crippen molar-refractivity contribution in [1.29, 1.82) is 0 Å². The minimum Gasteiger partial charge on any atom is -0.441 e. The number of halogens is 1. The number of nitrogens with zero attached hydrogens (tertiary/aromatic N) is 3. The summed E-state index contributed by atoms with van der Waals surface area (Å²) in [6.07, 6.45) is 6.29. The number of hydrogen-bond acceptors (Lipinski definition) is 5. The number of rotatable bonds is 6. The summed E-state index contributed by atoms with van der Waals surface area (Å²) in [5, 5.41) is 2.84. The van der Waals surface area contributed by atoms with E-state index in [2.05, 4.69) is 20.2 Å². The zero-order valence-electron chi connectivity index (χ0n) is 15.4. The van der Waals surface area contributed by atoms with Crippen LogP contribution in [0.3, 0.4) is 0 Å². The summed E-state index contributed by atoms with van der Waals surface area (Å²) in [7, 11) is 0. The number of anilines is 2. The molecule has 28 heavy (non-hydrogen) atoms. The molecule has 0 spiro atoms. The molecule has 1 aromatic carbocycles. The zero-order chi connectivity index (χ0) is 19.3. The SMILES string of the molecule is O=C(CCc1ncc(-c2ccc(F)cc2)o1)Nc1ccc(N2CCCC2)nc1. The summed E-state index contributed by atoms with van der Waals surface area (Å²) in [6, 6.07) is 9.80. The molecule has 1 amide bonds.